The molecule has 7 nitrogen and oxygen atoms in total. The molecular formula is C17H14N4O3S. The molecule has 0 aliphatic carbocycles. The lowest BCUT2D eigenvalue weighted by Gasteiger charge is -2.04. The van der Waals surface area contributed by atoms with Gasteiger partial charge in [-0.05, 0) is 12.0 Å². The van der Waals surface area contributed by atoms with Crippen molar-refractivity contribution < 1.29 is 9.72 Å². The van der Waals surface area contributed by atoms with Gasteiger partial charge in [-0.3, -0.25) is 14.9 Å². The van der Waals surface area contributed by atoms with Crippen LogP contribution in [0.2, 0.25) is 0 Å². The predicted octanol–water partition coefficient (Wildman–Crippen LogP) is 2.76. The smallest absolute Gasteiger partial charge is 0.270 e. The van der Waals surface area contributed by atoms with Crippen LogP contribution in [0.4, 0.5) is 5.69 Å². The van der Waals surface area contributed by atoms with E-state index in [9.17, 15) is 14.9 Å². The van der Waals surface area contributed by atoms with Crippen LogP contribution < -0.4 is 5.32 Å². The second-order valence-electron chi connectivity index (χ2n) is 5.29. The molecule has 1 amide bonds. The van der Waals surface area contributed by atoms with Gasteiger partial charge >= 0.3 is 0 Å². The zero-order chi connectivity index (χ0) is 17.6. The second-order valence-corrected chi connectivity index (χ2v) is 6.48. The molecule has 1 saturated heterocycles. The number of amides is 1. The Kier molecular flexibility index (Phi) is 5.20. The third-order valence-corrected chi connectivity index (χ3v) is 4.55. The molecule has 25 heavy (non-hydrogen) atoms. The normalized spacial score (nSPS) is 18.6. The Labute approximate surface area is 148 Å². The van der Waals surface area contributed by atoms with Gasteiger partial charge < -0.3 is 5.32 Å². The Balaban J connectivity index is 1.64. The Morgan fingerprint density at radius 2 is 2.00 bits per heavy atom. The fourth-order valence-electron chi connectivity index (χ4n) is 2.28. The van der Waals surface area contributed by atoms with Crippen LogP contribution in [0.25, 0.3) is 0 Å². The van der Waals surface area contributed by atoms with Crippen LogP contribution in [0.15, 0.2) is 64.8 Å². The van der Waals surface area contributed by atoms with Gasteiger partial charge in [-0.15, -0.1) is 5.10 Å². The number of nitrogens with zero attached hydrogens (tertiary/aromatic N) is 3. The molecule has 0 saturated carbocycles. The largest absolute Gasteiger partial charge is 0.303 e. The highest BCUT2D eigenvalue weighted by Crippen LogP contribution is 2.23. The van der Waals surface area contributed by atoms with Gasteiger partial charge in [0.1, 0.15) is 0 Å². The molecule has 0 unspecified atom stereocenters. The van der Waals surface area contributed by atoms with Crippen molar-refractivity contribution in [2.75, 3.05) is 0 Å². The summed E-state index contributed by atoms with van der Waals surface area (Å²) in [5.41, 5.74) is 1.63. The minimum absolute atomic E-state index is 0.0110. The molecule has 126 valence electrons. The minimum atomic E-state index is -0.468. The van der Waals surface area contributed by atoms with Gasteiger partial charge in [-0.2, -0.15) is 5.10 Å². The Hall–Kier alpha value is -3.00. The van der Waals surface area contributed by atoms with E-state index in [0.717, 1.165) is 5.56 Å². The van der Waals surface area contributed by atoms with E-state index < -0.39 is 4.92 Å². The first-order valence-corrected chi connectivity index (χ1v) is 8.37. The maximum Gasteiger partial charge on any atom is 0.270 e. The number of amidine groups is 1. The van der Waals surface area contributed by atoms with E-state index in [2.05, 4.69) is 15.5 Å². The molecule has 1 fully saturated rings. The lowest BCUT2D eigenvalue weighted by molar-refractivity contribution is -0.384. The zero-order valence-corrected chi connectivity index (χ0v) is 13.8. The molecule has 0 bridgehead atoms. The maximum absolute atomic E-state index is 12.0. The van der Waals surface area contributed by atoms with Gasteiger partial charge in [0.2, 0.25) is 5.91 Å². The lowest BCUT2D eigenvalue weighted by Crippen LogP contribution is -2.25. The van der Waals surface area contributed by atoms with E-state index in [0.29, 0.717) is 17.2 Å². The van der Waals surface area contributed by atoms with Gasteiger partial charge in [0, 0.05) is 17.7 Å². The molecule has 1 aliphatic rings. The summed E-state index contributed by atoms with van der Waals surface area (Å²) in [5, 5.41) is 21.5. The first kappa shape index (κ1) is 16.8. The number of hydrogen-bond donors (Lipinski definition) is 1. The van der Waals surface area contributed by atoms with E-state index in [1.165, 1.54) is 30.1 Å². The number of nitro benzene ring substituents is 1. The van der Waals surface area contributed by atoms with Gasteiger partial charge in [0.15, 0.2) is 5.17 Å². The molecule has 8 heteroatoms. The maximum atomic E-state index is 12.0. The number of non-ortho nitro benzene ring substituents is 1. The van der Waals surface area contributed by atoms with Crippen LogP contribution >= 0.6 is 11.8 Å². The Morgan fingerprint density at radius 3 is 2.76 bits per heavy atom. The summed E-state index contributed by atoms with van der Waals surface area (Å²) in [4.78, 5) is 22.3. The standard InChI is InChI=1S/C17H14N4O3S/c22-16-15(10-12-5-2-1-3-6-12)25-17(19-16)20-18-11-13-7-4-8-14(9-13)21(23)24/h1-9,11,15H,10H2,(H,19,20,22)/t15-/m1/s1. The van der Waals surface area contributed by atoms with Crippen molar-refractivity contribution in [1.82, 2.24) is 5.32 Å². The van der Waals surface area contributed by atoms with Crippen LogP contribution in [0, 0.1) is 10.1 Å². The first-order chi connectivity index (χ1) is 12.1. The number of benzene rings is 2. The van der Waals surface area contributed by atoms with Crippen molar-refractivity contribution in [3.05, 3.63) is 75.8 Å². The van der Waals surface area contributed by atoms with Crippen LogP contribution in [0.1, 0.15) is 11.1 Å². The van der Waals surface area contributed by atoms with E-state index in [1.807, 2.05) is 30.3 Å². The monoisotopic (exact) mass is 354 g/mol. The highest BCUT2D eigenvalue weighted by Gasteiger charge is 2.30. The molecule has 3 rings (SSSR count). The van der Waals surface area contributed by atoms with Gasteiger partial charge in [-0.1, -0.05) is 54.2 Å². The number of hydrogen-bond acceptors (Lipinski definition) is 6. The molecule has 1 atom stereocenters. The molecule has 0 spiro atoms. The Morgan fingerprint density at radius 1 is 1.20 bits per heavy atom. The van der Waals surface area contributed by atoms with Gasteiger partial charge in [-0.25, -0.2) is 0 Å². The number of nitrogens with one attached hydrogen (secondary N) is 1. The molecule has 1 aliphatic heterocycles. The number of thioether (sulfide) groups is 1. The molecule has 2 aromatic carbocycles. The summed E-state index contributed by atoms with van der Waals surface area (Å²) >= 11 is 1.32. The number of carbonyl (C=O) groups is 1. The van der Waals surface area contributed by atoms with Crippen molar-refractivity contribution >= 4 is 34.7 Å². The molecule has 0 radical (unpaired) electrons. The quantitative estimate of drug-likeness (QED) is 0.507. The van der Waals surface area contributed by atoms with Crippen molar-refractivity contribution in [1.29, 1.82) is 0 Å². The Bertz CT molecular complexity index is 852. The fourth-order valence-corrected chi connectivity index (χ4v) is 3.25. The summed E-state index contributed by atoms with van der Waals surface area (Å²) in [5.74, 6) is -0.0989. The van der Waals surface area contributed by atoms with Crippen LogP contribution in [-0.4, -0.2) is 27.5 Å². The van der Waals surface area contributed by atoms with Crippen molar-refractivity contribution in [3.63, 3.8) is 0 Å². The molecule has 0 aromatic heterocycles. The van der Waals surface area contributed by atoms with Crippen LogP contribution in [0.3, 0.4) is 0 Å². The van der Waals surface area contributed by atoms with E-state index >= 15 is 0 Å². The third-order valence-electron chi connectivity index (χ3n) is 3.48. The number of rotatable bonds is 5. The topological polar surface area (TPSA) is 97.0 Å². The number of carbonyl (C=O) groups excluding carboxylic acids is 1. The fraction of sp³-hybridized carbons (Fsp3) is 0.118. The third kappa shape index (κ3) is 4.51. The van der Waals surface area contributed by atoms with E-state index in [1.54, 1.807) is 12.1 Å². The molecule has 2 aromatic rings. The number of nitro groups is 1. The average molecular weight is 354 g/mol. The van der Waals surface area contributed by atoms with Gasteiger partial charge in [0.05, 0.1) is 16.4 Å². The minimum Gasteiger partial charge on any atom is -0.303 e. The highest BCUT2D eigenvalue weighted by atomic mass is 32.2. The average Bonchev–Trinajstić information content (AvgIpc) is 2.95. The SMILES string of the molecule is O=C1N/C(=N\N=Cc2cccc([N+](=O)[O-])c2)S[C@@H]1Cc1ccccc1. The van der Waals surface area contributed by atoms with Crippen molar-refractivity contribution in [2.45, 2.75) is 11.7 Å². The summed E-state index contributed by atoms with van der Waals surface area (Å²) in [6.07, 6.45) is 2.03. The summed E-state index contributed by atoms with van der Waals surface area (Å²) in [7, 11) is 0. The highest BCUT2D eigenvalue weighted by molar-refractivity contribution is 8.15. The van der Waals surface area contributed by atoms with E-state index in [-0.39, 0.29) is 16.8 Å². The van der Waals surface area contributed by atoms with E-state index in [4.69, 9.17) is 0 Å². The predicted molar refractivity (Wildman–Crippen MR) is 97.8 cm³/mol. The summed E-state index contributed by atoms with van der Waals surface area (Å²) in [6.45, 7) is 0. The van der Waals surface area contributed by atoms with Crippen LogP contribution in [-0.2, 0) is 11.2 Å². The molecular weight excluding hydrogens is 340 g/mol. The summed E-state index contributed by atoms with van der Waals surface area (Å²) in [6, 6.07) is 15.8. The molecule has 1 N–H and O–H groups in total. The molecule has 1 heterocycles. The second kappa shape index (κ2) is 7.71. The zero-order valence-electron chi connectivity index (χ0n) is 13.0. The lowest BCUT2D eigenvalue weighted by atomic mass is 10.1. The van der Waals surface area contributed by atoms with Crippen molar-refractivity contribution in [2.24, 2.45) is 10.2 Å². The first-order valence-electron chi connectivity index (χ1n) is 7.49. The summed E-state index contributed by atoms with van der Waals surface area (Å²) < 4.78 is 0. The van der Waals surface area contributed by atoms with Gasteiger partial charge in [0.25, 0.3) is 5.69 Å². The van der Waals surface area contributed by atoms with Crippen molar-refractivity contribution in [3.8, 4) is 0 Å². The van der Waals surface area contributed by atoms with Crippen LogP contribution in [0.5, 0.6) is 0 Å².